The van der Waals surface area contributed by atoms with Crippen LogP contribution in [0.2, 0.25) is 0 Å². The van der Waals surface area contributed by atoms with Crippen LogP contribution in [0.4, 0.5) is 5.69 Å². The molecule has 1 aromatic rings. The standard InChI is InChI=1S/C12H12N2O/c1-2-12(15)14-11-8-7-9-5-3-4-6-10(9)13-11/h3-7,13H,2H2,1H3,(H,14,15). The molecule has 0 saturated carbocycles. The van der Waals surface area contributed by atoms with Gasteiger partial charge in [-0.3, -0.25) is 4.79 Å². The van der Waals surface area contributed by atoms with Crippen molar-refractivity contribution in [3.8, 4) is 0 Å². The van der Waals surface area contributed by atoms with E-state index in [1.807, 2.05) is 37.3 Å². The van der Waals surface area contributed by atoms with E-state index in [0.717, 1.165) is 11.3 Å². The molecule has 0 aromatic heterocycles. The summed E-state index contributed by atoms with van der Waals surface area (Å²) in [6.45, 7) is 1.82. The van der Waals surface area contributed by atoms with Crippen molar-refractivity contribution >= 4 is 17.7 Å². The van der Waals surface area contributed by atoms with Crippen molar-refractivity contribution in [2.75, 3.05) is 5.32 Å². The van der Waals surface area contributed by atoms with Gasteiger partial charge in [-0.25, -0.2) is 0 Å². The number of para-hydroxylation sites is 1. The molecule has 1 aliphatic rings. The minimum atomic E-state index is -0.0159. The quantitative estimate of drug-likeness (QED) is 0.718. The van der Waals surface area contributed by atoms with E-state index in [9.17, 15) is 4.79 Å². The number of carbonyl (C=O) groups excluding carboxylic acids is 1. The highest BCUT2D eigenvalue weighted by molar-refractivity contribution is 5.80. The van der Waals surface area contributed by atoms with Crippen LogP contribution in [-0.2, 0) is 4.79 Å². The second-order valence-corrected chi connectivity index (χ2v) is 3.28. The highest BCUT2D eigenvalue weighted by Crippen LogP contribution is 2.20. The number of benzene rings is 1. The Morgan fingerprint density at radius 1 is 1.47 bits per heavy atom. The van der Waals surface area contributed by atoms with E-state index in [1.54, 1.807) is 0 Å². The molecule has 1 aliphatic heterocycles. The largest absolute Gasteiger partial charge is 0.334 e. The smallest absolute Gasteiger partial charge is 0.225 e. The summed E-state index contributed by atoms with van der Waals surface area (Å²) in [5.41, 5.74) is 5.05. The highest BCUT2D eigenvalue weighted by atomic mass is 16.1. The molecule has 15 heavy (non-hydrogen) atoms. The lowest BCUT2D eigenvalue weighted by molar-refractivity contribution is -0.120. The maximum Gasteiger partial charge on any atom is 0.225 e. The first-order chi connectivity index (χ1) is 7.29. The molecule has 0 radical (unpaired) electrons. The van der Waals surface area contributed by atoms with Gasteiger partial charge in [0, 0.05) is 17.7 Å². The maximum absolute atomic E-state index is 11.2. The van der Waals surface area contributed by atoms with Crippen LogP contribution in [0.1, 0.15) is 18.9 Å². The molecule has 2 rings (SSSR count). The number of anilines is 1. The molecule has 0 bridgehead atoms. The molecule has 3 heteroatoms. The Kier molecular flexibility index (Phi) is 2.57. The molecule has 0 unspecified atom stereocenters. The molecule has 3 nitrogen and oxygen atoms in total. The van der Waals surface area contributed by atoms with Gasteiger partial charge in [0.25, 0.3) is 0 Å². The van der Waals surface area contributed by atoms with Crippen molar-refractivity contribution in [3.63, 3.8) is 0 Å². The van der Waals surface area contributed by atoms with E-state index in [2.05, 4.69) is 16.4 Å². The molecule has 1 heterocycles. The minimum Gasteiger partial charge on any atom is -0.334 e. The number of nitrogens with one attached hydrogen (secondary N) is 2. The molecular weight excluding hydrogens is 188 g/mol. The molecule has 1 aromatic carbocycles. The van der Waals surface area contributed by atoms with E-state index in [1.165, 1.54) is 0 Å². The van der Waals surface area contributed by atoms with Crippen LogP contribution in [0.15, 0.2) is 35.8 Å². The van der Waals surface area contributed by atoms with Gasteiger partial charge in [0.15, 0.2) is 5.82 Å². The SMILES string of the molecule is CCC(=O)NC1=C=Cc2ccccc2N1. The van der Waals surface area contributed by atoms with Gasteiger partial charge in [0.05, 0.1) is 0 Å². The molecule has 0 spiro atoms. The lowest BCUT2D eigenvalue weighted by Gasteiger charge is -2.14. The van der Waals surface area contributed by atoms with Gasteiger partial charge in [-0.15, -0.1) is 0 Å². The Balaban J connectivity index is 2.21. The first-order valence-corrected chi connectivity index (χ1v) is 4.92. The maximum atomic E-state index is 11.2. The third-order valence-electron chi connectivity index (χ3n) is 2.18. The zero-order chi connectivity index (χ0) is 10.7. The number of amides is 1. The normalized spacial score (nSPS) is 12.5. The Morgan fingerprint density at radius 3 is 3.07 bits per heavy atom. The predicted octanol–water partition coefficient (Wildman–Crippen LogP) is 2.09. The Morgan fingerprint density at radius 2 is 2.27 bits per heavy atom. The average Bonchev–Trinajstić information content (AvgIpc) is 2.29. The summed E-state index contributed by atoms with van der Waals surface area (Å²) in [7, 11) is 0. The van der Waals surface area contributed by atoms with Crippen molar-refractivity contribution < 1.29 is 4.79 Å². The van der Waals surface area contributed by atoms with Crippen LogP contribution >= 0.6 is 0 Å². The number of rotatable bonds is 2. The van der Waals surface area contributed by atoms with Crippen LogP contribution in [0, 0.1) is 0 Å². The van der Waals surface area contributed by atoms with Gasteiger partial charge in [-0.05, 0) is 12.1 Å². The fourth-order valence-corrected chi connectivity index (χ4v) is 1.35. The zero-order valence-corrected chi connectivity index (χ0v) is 8.50. The molecule has 2 N–H and O–H groups in total. The topological polar surface area (TPSA) is 41.1 Å². The van der Waals surface area contributed by atoms with Gasteiger partial charge >= 0.3 is 0 Å². The van der Waals surface area contributed by atoms with Crippen LogP contribution in [0.25, 0.3) is 6.08 Å². The molecule has 76 valence electrons. The molecule has 1 amide bonds. The van der Waals surface area contributed by atoms with Crippen LogP contribution in [0.5, 0.6) is 0 Å². The van der Waals surface area contributed by atoms with Crippen molar-refractivity contribution in [1.29, 1.82) is 0 Å². The lowest BCUT2D eigenvalue weighted by atomic mass is 10.1. The van der Waals surface area contributed by atoms with E-state index in [-0.39, 0.29) is 5.91 Å². The summed E-state index contributed by atoms with van der Waals surface area (Å²) in [4.78, 5) is 11.2. The molecule has 0 fully saturated rings. The van der Waals surface area contributed by atoms with Crippen LogP contribution in [-0.4, -0.2) is 5.91 Å². The number of carbonyl (C=O) groups is 1. The second-order valence-electron chi connectivity index (χ2n) is 3.28. The van der Waals surface area contributed by atoms with E-state index >= 15 is 0 Å². The number of hydrogen-bond donors (Lipinski definition) is 2. The summed E-state index contributed by atoms with van der Waals surface area (Å²) in [5, 5.41) is 5.84. The van der Waals surface area contributed by atoms with E-state index < -0.39 is 0 Å². The third kappa shape index (κ3) is 2.09. The van der Waals surface area contributed by atoms with Gasteiger partial charge in [0.1, 0.15) is 0 Å². The predicted molar refractivity (Wildman–Crippen MR) is 60.0 cm³/mol. The first kappa shape index (κ1) is 9.56. The van der Waals surface area contributed by atoms with Gasteiger partial charge in [-0.1, -0.05) is 30.9 Å². The summed E-state index contributed by atoms with van der Waals surface area (Å²) in [5.74, 6) is 0.596. The summed E-state index contributed by atoms with van der Waals surface area (Å²) < 4.78 is 0. The van der Waals surface area contributed by atoms with Crippen LogP contribution in [0.3, 0.4) is 0 Å². The van der Waals surface area contributed by atoms with Crippen molar-refractivity contribution in [1.82, 2.24) is 5.32 Å². The molecule has 0 saturated heterocycles. The van der Waals surface area contributed by atoms with Gasteiger partial charge in [-0.2, -0.15) is 0 Å². The third-order valence-corrected chi connectivity index (χ3v) is 2.18. The zero-order valence-electron chi connectivity index (χ0n) is 8.50. The lowest BCUT2D eigenvalue weighted by Crippen LogP contribution is -2.26. The summed E-state index contributed by atoms with van der Waals surface area (Å²) in [6, 6.07) is 7.87. The minimum absolute atomic E-state index is 0.0159. The van der Waals surface area contributed by atoms with Crippen LogP contribution < -0.4 is 10.6 Å². The Hall–Kier alpha value is -1.99. The summed E-state index contributed by atoms with van der Waals surface area (Å²) in [6.07, 6.45) is 2.33. The molecular formula is C12H12N2O. The van der Waals surface area contributed by atoms with E-state index in [4.69, 9.17) is 0 Å². The van der Waals surface area contributed by atoms with E-state index in [0.29, 0.717) is 12.2 Å². The Labute approximate surface area is 88.5 Å². The molecule has 0 atom stereocenters. The highest BCUT2D eigenvalue weighted by Gasteiger charge is 2.07. The molecule has 0 aliphatic carbocycles. The number of fused-ring (bicyclic) bond motifs is 1. The monoisotopic (exact) mass is 200 g/mol. The van der Waals surface area contributed by atoms with Crippen molar-refractivity contribution in [3.05, 3.63) is 41.4 Å². The van der Waals surface area contributed by atoms with Crippen molar-refractivity contribution in [2.24, 2.45) is 0 Å². The second kappa shape index (κ2) is 4.03. The van der Waals surface area contributed by atoms with Gasteiger partial charge < -0.3 is 10.6 Å². The fourth-order valence-electron chi connectivity index (χ4n) is 1.35. The number of hydrogen-bond acceptors (Lipinski definition) is 2. The summed E-state index contributed by atoms with van der Waals surface area (Å²) >= 11 is 0. The fraction of sp³-hybridized carbons (Fsp3) is 0.167. The average molecular weight is 200 g/mol. The van der Waals surface area contributed by atoms with Crippen molar-refractivity contribution in [2.45, 2.75) is 13.3 Å². The Bertz CT molecular complexity index is 456. The first-order valence-electron chi connectivity index (χ1n) is 4.92. The van der Waals surface area contributed by atoms with Gasteiger partial charge in [0.2, 0.25) is 5.91 Å².